The van der Waals surface area contributed by atoms with Crippen LogP contribution >= 0.6 is 0 Å². The number of nitrogens with zero attached hydrogens (tertiary/aromatic N) is 1. The van der Waals surface area contributed by atoms with E-state index in [0.717, 1.165) is 5.69 Å². The first kappa shape index (κ1) is 14.4. The minimum Gasteiger partial charge on any atom is -0.383 e. The number of carbonyl (C=O) groups excluding carboxylic acids is 1. The molecule has 0 radical (unpaired) electrons. The summed E-state index contributed by atoms with van der Waals surface area (Å²) in [5, 5.41) is 6.03. The van der Waals surface area contributed by atoms with Crippen LogP contribution in [-0.4, -0.2) is 36.7 Å². The average molecular weight is 251 g/mol. The van der Waals surface area contributed by atoms with E-state index in [1.54, 1.807) is 25.6 Å². The number of amides is 1. The van der Waals surface area contributed by atoms with Gasteiger partial charge in [-0.15, -0.1) is 0 Å². The Morgan fingerprint density at radius 2 is 2.11 bits per heavy atom. The molecule has 1 rings (SSSR count). The molecule has 0 saturated carbocycles. The summed E-state index contributed by atoms with van der Waals surface area (Å²) in [7, 11) is 1.60. The first-order chi connectivity index (χ1) is 8.42. The summed E-state index contributed by atoms with van der Waals surface area (Å²) in [5.41, 5.74) is 1.31. The highest BCUT2D eigenvalue weighted by Crippen LogP contribution is 2.14. The molecule has 0 aliphatic rings. The fraction of sp³-hybridized carbons (Fsp3) is 0.538. The zero-order valence-electron chi connectivity index (χ0n) is 11.4. The van der Waals surface area contributed by atoms with Crippen molar-refractivity contribution in [1.82, 2.24) is 10.3 Å². The summed E-state index contributed by atoms with van der Waals surface area (Å²) in [4.78, 5) is 15.9. The van der Waals surface area contributed by atoms with E-state index >= 15 is 0 Å². The van der Waals surface area contributed by atoms with E-state index in [2.05, 4.69) is 36.4 Å². The van der Waals surface area contributed by atoms with Gasteiger partial charge in [-0.3, -0.25) is 9.78 Å². The lowest BCUT2D eigenvalue weighted by atomic mass is 10.1. The Morgan fingerprint density at radius 3 is 2.72 bits per heavy atom. The van der Waals surface area contributed by atoms with Gasteiger partial charge in [0.1, 0.15) is 0 Å². The van der Waals surface area contributed by atoms with Crippen molar-refractivity contribution in [1.29, 1.82) is 0 Å². The van der Waals surface area contributed by atoms with Gasteiger partial charge in [0.05, 0.1) is 17.9 Å². The van der Waals surface area contributed by atoms with Crippen LogP contribution in [0.5, 0.6) is 0 Å². The van der Waals surface area contributed by atoms with Crippen molar-refractivity contribution in [2.24, 2.45) is 0 Å². The Kier molecular flexibility index (Phi) is 5.09. The molecule has 0 saturated heterocycles. The predicted octanol–water partition coefficient (Wildman–Crippen LogP) is 1.67. The van der Waals surface area contributed by atoms with E-state index in [9.17, 15) is 4.79 Å². The summed E-state index contributed by atoms with van der Waals surface area (Å²) in [6.07, 6.45) is 3.26. The van der Waals surface area contributed by atoms with Crippen molar-refractivity contribution in [3.63, 3.8) is 0 Å². The number of aromatic nitrogens is 1. The zero-order chi connectivity index (χ0) is 13.6. The van der Waals surface area contributed by atoms with Gasteiger partial charge in [0, 0.05) is 31.6 Å². The Labute approximate surface area is 108 Å². The Hall–Kier alpha value is -1.62. The van der Waals surface area contributed by atoms with Gasteiger partial charge in [0.2, 0.25) is 0 Å². The van der Waals surface area contributed by atoms with Gasteiger partial charge >= 0.3 is 0 Å². The topological polar surface area (TPSA) is 63.2 Å². The van der Waals surface area contributed by atoms with Crippen LogP contribution < -0.4 is 10.6 Å². The maximum Gasteiger partial charge on any atom is 0.253 e. The summed E-state index contributed by atoms with van der Waals surface area (Å²) in [5.74, 6) is -0.142. The highest BCUT2D eigenvalue weighted by Gasteiger charge is 2.11. The van der Waals surface area contributed by atoms with E-state index in [4.69, 9.17) is 4.74 Å². The first-order valence-corrected chi connectivity index (χ1v) is 5.93. The van der Waals surface area contributed by atoms with Crippen LogP contribution in [0.2, 0.25) is 0 Å². The van der Waals surface area contributed by atoms with Crippen LogP contribution in [0.3, 0.4) is 0 Å². The van der Waals surface area contributed by atoms with Gasteiger partial charge in [-0.1, -0.05) is 0 Å². The zero-order valence-corrected chi connectivity index (χ0v) is 11.4. The Bertz CT molecular complexity index is 399. The van der Waals surface area contributed by atoms with Gasteiger partial charge in [-0.25, -0.2) is 0 Å². The highest BCUT2D eigenvalue weighted by atomic mass is 16.5. The van der Waals surface area contributed by atoms with Crippen LogP contribution in [0.4, 0.5) is 5.69 Å². The molecule has 0 fully saturated rings. The molecule has 0 atom stereocenters. The number of ether oxygens (including phenoxy) is 1. The molecule has 0 unspecified atom stereocenters. The van der Waals surface area contributed by atoms with Crippen molar-refractivity contribution in [3.8, 4) is 0 Å². The van der Waals surface area contributed by atoms with Crippen molar-refractivity contribution in [3.05, 3.63) is 24.0 Å². The second-order valence-electron chi connectivity index (χ2n) is 5.09. The molecule has 0 spiro atoms. The molecule has 0 aromatic carbocycles. The summed E-state index contributed by atoms with van der Waals surface area (Å²) < 4.78 is 4.87. The van der Waals surface area contributed by atoms with Crippen molar-refractivity contribution in [2.75, 3.05) is 25.6 Å². The van der Waals surface area contributed by atoms with Crippen LogP contribution in [0.15, 0.2) is 18.5 Å². The molecule has 5 heteroatoms. The number of hydrogen-bond donors (Lipinski definition) is 2. The number of carbonyl (C=O) groups is 1. The SMILES string of the molecule is COCCNC(=O)c1cncc(NC(C)(C)C)c1. The Morgan fingerprint density at radius 1 is 1.39 bits per heavy atom. The number of hydrogen-bond acceptors (Lipinski definition) is 4. The molecule has 0 aliphatic heterocycles. The largest absolute Gasteiger partial charge is 0.383 e. The van der Waals surface area contributed by atoms with E-state index in [0.29, 0.717) is 18.7 Å². The maximum atomic E-state index is 11.8. The van der Waals surface area contributed by atoms with Crippen LogP contribution in [0.25, 0.3) is 0 Å². The lowest BCUT2D eigenvalue weighted by molar-refractivity contribution is 0.0937. The fourth-order valence-corrected chi connectivity index (χ4v) is 1.43. The maximum absolute atomic E-state index is 11.8. The third kappa shape index (κ3) is 5.14. The van der Waals surface area contributed by atoms with E-state index in [-0.39, 0.29) is 11.4 Å². The molecule has 2 N–H and O–H groups in total. The van der Waals surface area contributed by atoms with E-state index < -0.39 is 0 Å². The van der Waals surface area contributed by atoms with Crippen LogP contribution in [0, 0.1) is 0 Å². The lowest BCUT2D eigenvalue weighted by Gasteiger charge is -2.22. The smallest absolute Gasteiger partial charge is 0.253 e. The van der Waals surface area contributed by atoms with Crippen LogP contribution in [0.1, 0.15) is 31.1 Å². The first-order valence-electron chi connectivity index (χ1n) is 5.93. The second-order valence-corrected chi connectivity index (χ2v) is 5.09. The van der Waals surface area contributed by atoms with Crippen molar-refractivity contribution < 1.29 is 9.53 Å². The monoisotopic (exact) mass is 251 g/mol. The molecule has 18 heavy (non-hydrogen) atoms. The molecular weight excluding hydrogens is 230 g/mol. The molecule has 1 aromatic heterocycles. The lowest BCUT2D eigenvalue weighted by Crippen LogP contribution is -2.28. The number of anilines is 1. The van der Waals surface area contributed by atoms with Crippen molar-refractivity contribution >= 4 is 11.6 Å². The van der Waals surface area contributed by atoms with E-state index in [1.165, 1.54) is 0 Å². The minimum atomic E-state index is -0.142. The van der Waals surface area contributed by atoms with Gasteiger partial charge in [-0.2, -0.15) is 0 Å². The molecule has 5 nitrogen and oxygen atoms in total. The molecule has 1 aromatic rings. The van der Waals surface area contributed by atoms with Gasteiger partial charge in [0.25, 0.3) is 5.91 Å². The molecule has 100 valence electrons. The molecule has 0 aliphatic carbocycles. The average Bonchev–Trinajstić information content (AvgIpc) is 2.27. The number of nitrogens with one attached hydrogen (secondary N) is 2. The summed E-state index contributed by atoms with van der Waals surface area (Å²) in [6.45, 7) is 7.15. The third-order valence-electron chi connectivity index (χ3n) is 2.11. The quantitative estimate of drug-likeness (QED) is 0.781. The third-order valence-corrected chi connectivity index (χ3v) is 2.11. The number of pyridine rings is 1. The summed E-state index contributed by atoms with van der Waals surface area (Å²) >= 11 is 0. The highest BCUT2D eigenvalue weighted by molar-refractivity contribution is 5.94. The fourth-order valence-electron chi connectivity index (χ4n) is 1.43. The van der Waals surface area contributed by atoms with E-state index in [1.807, 2.05) is 0 Å². The van der Waals surface area contributed by atoms with Gasteiger partial charge < -0.3 is 15.4 Å². The molecule has 1 amide bonds. The predicted molar refractivity (Wildman–Crippen MR) is 71.8 cm³/mol. The number of rotatable bonds is 5. The molecular formula is C13H21N3O2. The number of methoxy groups -OCH3 is 1. The molecule has 0 bridgehead atoms. The van der Waals surface area contributed by atoms with Crippen LogP contribution in [-0.2, 0) is 4.74 Å². The standard InChI is InChI=1S/C13H21N3O2/c1-13(2,3)16-11-7-10(8-14-9-11)12(17)15-5-6-18-4/h7-9,16H,5-6H2,1-4H3,(H,15,17). The second kappa shape index (κ2) is 6.35. The normalized spacial score (nSPS) is 11.1. The van der Waals surface area contributed by atoms with Crippen molar-refractivity contribution in [2.45, 2.75) is 26.3 Å². The minimum absolute atomic E-state index is 0.0627. The van der Waals surface area contributed by atoms with Gasteiger partial charge in [0.15, 0.2) is 0 Å². The van der Waals surface area contributed by atoms with Gasteiger partial charge in [-0.05, 0) is 26.8 Å². The Balaban J connectivity index is 2.66. The molecule has 1 heterocycles. The summed E-state index contributed by atoms with van der Waals surface area (Å²) in [6, 6.07) is 1.79.